The van der Waals surface area contributed by atoms with Gasteiger partial charge in [0.25, 0.3) is 11.7 Å². The summed E-state index contributed by atoms with van der Waals surface area (Å²) >= 11 is 10.4. The van der Waals surface area contributed by atoms with Crippen LogP contribution in [0, 0.1) is 0 Å². The van der Waals surface area contributed by atoms with Crippen molar-refractivity contribution in [3.05, 3.63) is 22.9 Å². The molecule has 0 saturated carbocycles. The van der Waals surface area contributed by atoms with Crippen molar-refractivity contribution in [2.24, 2.45) is 0 Å². The topological polar surface area (TPSA) is 39.2 Å². The van der Waals surface area contributed by atoms with Crippen LogP contribution in [-0.2, 0) is 5.88 Å². The van der Waals surface area contributed by atoms with Crippen molar-refractivity contribution in [3.8, 4) is 5.88 Å². The first-order valence-electron chi connectivity index (χ1n) is 4.49. The zero-order valence-electron chi connectivity index (χ0n) is 8.77. The fourth-order valence-electron chi connectivity index (χ4n) is 1.21. The number of alkyl halides is 6. The number of rotatable bonds is 4. The van der Waals surface area contributed by atoms with Crippen molar-refractivity contribution in [2.45, 2.75) is 18.7 Å². The number of hydrogen-bond acceptors (Lipinski definition) is 3. The van der Waals surface area contributed by atoms with Crippen LogP contribution in [0.15, 0.2) is 6.07 Å². The molecule has 0 spiro atoms. The Morgan fingerprint density at radius 2 is 2.00 bits per heavy atom. The summed E-state index contributed by atoms with van der Waals surface area (Å²) in [6, 6.07) is 0.785. The lowest BCUT2D eigenvalue weighted by molar-refractivity contribution is -0.276. The minimum absolute atomic E-state index is 0.421. The lowest BCUT2D eigenvalue weighted by atomic mass is 10.1. The van der Waals surface area contributed by atoms with E-state index in [2.05, 4.69) is 9.72 Å². The summed E-state index contributed by atoms with van der Waals surface area (Å²) < 4.78 is 65.1. The maximum atomic E-state index is 12.7. The van der Waals surface area contributed by atoms with Crippen LogP contribution in [0.25, 0.3) is 0 Å². The number of pyridine rings is 1. The molecule has 0 aliphatic rings. The molecular formula is C9H4Cl2F5NO2. The molecule has 0 amide bonds. The predicted molar refractivity (Wildman–Crippen MR) is 55.6 cm³/mol. The van der Waals surface area contributed by atoms with Crippen molar-refractivity contribution < 1.29 is 31.5 Å². The molecule has 0 N–H and O–H groups in total. The molecule has 1 rings (SSSR count). The monoisotopic (exact) mass is 323 g/mol. The molecule has 10 heteroatoms. The highest BCUT2D eigenvalue weighted by atomic mass is 35.5. The second-order valence-electron chi connectivity index (χ2n) is 3.14. The van der Waals surface area contributed by atoms with Crippen LogP contribution in [0.5, 0.6) is 5.88 Å². The van der Waals surface area contributed by atoms with Gasteiger partial charge in [-0.15, -0.1) is 24.8 Å². The predicted octanol–water partition coefficient (Wildman–Crippen LogP) is 4.04. The van der Waals surface area contributed by atoms with E-state index in [1.54, 1.807) is 0 Å². The molecular weight excluding hydrogens is 320 g/mol. The Balaban J connectivity index is 3.45. The van der Waals surface area contributed by atoms with Crippen LogP contribution in [0.1, 0.15) is 28.0 Å². The molecule has 0 saturated heterocycles. The molecule has 1 aromatic heterocycles. The Labute approximate surface area is 113 Å². The molecule has 0 aromatic carbocycles. The van der Waals surface area contributed by atoms with Crippen LogP contribution in [0.4, 0.5) is 22.0 Å². The Hall–Kier alpha value is -1.15. The number of halogens is 7. The van der Waals surface area contributed by atoms with Gasteiger partial charge in [0.2, 0.25) is 5.88 Å². The van der Waals surface area contributed by atoms with E-state index in [0.29, 0.717) is 0 Å². The standard InChI is InChI=1S/C9H4Cl2F5NO2/c10-2-3-1-4(6(11)18)17-8(5(3)7(12)13)19-9(14,15)16/h1,7H,2H2. The number of nitrogens with zero attached hydrogens (tertiary/aromatic N) is 1. The van der Waals surface area contributed by atoms with E-state index in [9.17, 15) is 26.7 Å². The molecule has 0 atom stereocenters. The molecule has 106 valence electrons. The maximum Gasteiger partial charge on any atom is 0.574 e. The third-order valence-electron chi connectivity index (χ3n) is 1.89. The van der Waals surface area contributed by atoms with E-state index < -0.39 is 46.6 Å². The lowest BCUT2D eigenvalue weighted by Crippen LogP contribution is -2.20. The average Bonchev–Trinajstić information content (AvgIpc) is 2.24. The molecule has 1 aromatic rings. The van der Waals surface area contributed by atoms with E-state index in [1.807, 2.05) is 0 Å². The number of hydrogen-bond donors (Lipinski definition) is 0. The van der Waals surface area contributed by atoms with E-state index >= 15 is 0 Å². The maximum absolute atomic E-state index is 12.7. The minimum Gasteiger partial charge on any atom is -0.387 e. The highest BCUT2D eigenvalue weighted by Gasteiger charge is 2.35. The first kappa shape index (κ1) is 15.9. The molecule has 0 unspecified atom stereocenters. The zero-order valence-corrected chi connectivity index (χ0v) is 10.3. The van der Waals surface area contributed by atoms with Crippen molar-refractivity contribution >= 4 is 28.4 Å². The third kappa shape index (κ3) is 4.17. The van der Waals surface area contributed by atoms with Crippen LogP contribution in [-0.4, -0.2) is 16.6 Å². The summed E-state index contributed by atoms with van der Waals surface area (Å²) in [6.07, 6.45) is -8.55. The van der Waals surface area contributed by atoms with Crippen molar-refractivity contribution in [3.63, 3.8) is 0 Å². The van der Waals surface area contributed by atoms with Gasteiger partial charge in [0, 0.05) is 5.88 Å². The first-order chi connectivity index (χ1) is 8.65. The highest BCUT2D eigenvalue weighted by molar-refractivity contribution is 6.67. The SMILES string of the molecule is O=C(Cl)c1cc(CCl)c(C(F)F)c(OC(F)(F)F)n1. The number of carbonyl (C=O) groups is 1. The van der Waals surface area contributed by atoms with Gasteiger partial charge < -0.3 is 4.74 Å². The van der Waals surface area contributed by atoms with Crippen molar-refractivity contribution in [2.75, 3.05) is 0 Å². The molecule has 0 aliphatic carbocycles. The van der Waals surface area contributed by atoms with Gasteiger partial charge in [-0.3, -0.25) is 4.79 Å². The zero-order chi connectivity index (χ0) is 14.8. The summed E-state index contributed by atoms with van der Waals surface area (Å²) in [7, 11) is 0. The Morgan fingerprint density at radius 1 is 1.42 bits per heavy atom. The normalized spacial score (nSPS) is 11.8. The first-order valence-corrected chi connectivity index (χ1v) is 5.40. The fourth-order valence-corrected chi connectivity index (χ4v) is 1.53. The Morgan fingerprint density at radius 3 is 2.37 bits per heavy atom. The second kappa shape index (κ2) is 5.87. The van der Waals surface area contributed by atoms with Gasteiger partial charge in [0.1, 0.15) is 5.69 Å². The van der Waals surface area contributed by atoms with E-state index in [-0.39, 0.29) is 0 Å². The molecule has 0 radical (unpaired) electrons. The molecule has 0 aliphatic heterocycles. The quantitative estimate of drug-likeness (QED) is 0.477. The summed E-state index contributed by atoms with van der Waals surface area (Å²) in [4.78, 5) is 13.9. The molecule has 1 heterocycles. The minimum atomic E-state index is -5.24. The van der Waals surface area contributed by atoms with Gasteiger partial charge in [0.15, 0.2) is 0 Å². The van der Waals surface area contributed by atoms with Crippen LogP contribution in [0.3, 0.4) is 0 Å². The number of ether oxygens (including phenoxy) is 1. The number of carbonyl (C=O) groups excluding carboxylic acids is 1. The average molecular weight is 324 g/mol. The summed E-state index contributed by atoms with van der Waals surface area (Å²) in [5.41, 5.74) is -2.22. The molecule has 19 heavy (non-hydrogen) atoms. The lowest BCUT2D eigenvalue weighted by Gasteiger charge is -2.15. The van der Waals surface area contributed by atoms with Crippen molar-refractivity contribution in [1.29, 1.82) is 0 Å². The summed E-state index contributed by atoms with van der Waals surface area (Å²) in [5, 5.41) is -1.22. The third-order valence-corrected chi connectivity index (χ3v) is 2.37. The Kier molecular flexibility index (Phi) is 4.92. The summed E-state index contributed by atoms with van der Waals surface area (Å²) in [5.74, 6) is -2.00. The smallest absolute Gasteiger partial charge is 0.387 e. The molecule has 0 bridgehead atoms. The van der Waals surface area contributed by atoms with E-state index in [4.69, 9.17) is 23.2 Å². The van der Waals surface area contributed by atoms with Gasteiger partial charge in [-0.25, -0.2) is 13.8 Å². The van der Waals surface area contributed by atoms with Crippen LogP contribution < -0.4 is 4.74 Å². The number of aromatic nitrogens is 1. The van der Waals surface area contributed by atoms with Gasteiger partial charge in [-0.05, 0) is 23.2 Å². The fraction of sp³-hybridized carbons (Fsp3) is 0.333. The van der Waals surface area contributed by atoms with Crippen LogP contribution >= 0.6 is 23.2 Å². The van der Waals surface area contributed by atoms with Gasteiger partial charge in [-0.1, -0.05) is 0 Å². The Bertz CT molecular complexity index is 492. The molecule has 0 fully saturated rings. The van der Waals surface area contributed by atoms with E-state index in [1.165, 1.54) is 0 Å². The summed E-state index contributed by atoms with van der Waals surface area (Å²) in [6.45, 7) is 0. The van der Waals surface area contributed by atoms with E-state index in [0.717, 1.165) is 6.07 Å². The highest BCUT2D eigenvalue weighted by Crippen LogP contribution is 2.35. The van der Waals surface area contributed by atoms with Crippen LogP contribution in [0.2, 0.25) is 0 Å². The van der Waals surface area contributed by atoms with Crippen molar-refractivity contribution in [1.82, 2.24) is 4.98 Å². The molecule has 3 nitrogen and oxygen atoms in total. The van der Waals surface area contributed by atoms with Gasteiger partial charge in [0.05, 0.1) is 5.56 Å². The largest absolute Gasteiger partial charge is 0.574 e. The van der Waals surface area contributed by atoms with Gasteiger partial charge in [-0.2, -0.15) is 0 Å². The van der Waals surface area contributed by atoms with Gasteiger partial charge >= 0.3 is 6.36 Å². The second-order valence-corrected chi connectivity index (χ2v) is 3.75.